The van der Waals surface area contributed by atoms with Crippen LogP contribution in [0.15, 0.2) is 48.5 Å². The standard InChI is InChI=1S/C13H10FO/c14-13-9-5-4-6-11(13)10-15-12-7-2-1-3-8-12/h2-9H,10H2. The lowest BCUT2D eigenvalue weighted by Gasteiger charge is -2.06. The third kappa shape index (κ3) is 2.56. The molecule has 75 valence electrons. The van der Waals surface area contributed by atoms with Gasteiger partial charge in [0.15, 0.2) is 0 Å². The van der Waals surface area contributed by atoms with Crippen LogP contribution in [0.25, 0.3) is 0 Å². The molecule has 0 fully saturated rings. The molecule has 0 unspecified atom stereocenters. The first-order valence-corrected chi connectivity index (χ1v) is 4.68. The quantitative estimate of drug-likeness (QED) is 0.741. The van der Waals surface area contributed by atoms with Gasteiger partial charge in [-0.3, -0.25) is 0 Å². The molecule has 0 saturated heterocycles. The van der Waals surface area contributed by atoms with E-state index < -0.39 is 0 Å². The first kappa shape index (κ1) is 9.71. The maximum atomic E-state index is 13.2. The van der Waals surface area contributed by atoms with Crippen LogP contribution in [-0.2, 0) is 6.61 Å². The summed E-state index contributed by atoms with van der Waals surface area (Å²) in [6, 6.07) is 16.6. The molecule has 0 aliphatic heterocycles. The van der Waals surface area contributed by atoms with Crippen LogP contribution in [0.1, 0.15) is 5.56 Å². The van der Waals surface area contributed by atoms with Crippen molar-refractivity contribution < 1.29 is 9.13 Å². The molecule has 0 N–H and O–H groups in total. The second-order valence-electron chi connectivity index (χ2n) is 3.12. The molecule has 0 saturated carbocycles. The Labute approximate surface area is 88.1 Å². The summed E-state index contributed by atoms with van der Waals surface area (Å²) in [4.78, 5) is 0. The van der Waals surface area contributed by atoms with E-state index in [0.717, 1.165) is 5.75 Å². The minimum absolute atomic E-state index is 0.236. The van der Waals surface area contributed by atoms with Crippen LogP contribution in [-0.4, -0.2) is 0 Å². The Balaban J connectivity index is 2.03. The van der Waals surface area contributed by atoms with E-state index in [2.05, 4.69) is 6.07 Å². The fraction of sp³-hybridized carbons (Fsp3) is 0.0769. The molecule has 2 rings (SSSR count). The van der Waals surface area contributed by atoms with E-state index in [-0.39, 0.29) is 12.4 Å². The fourth-order valence-corrected chi connectivity index (χ4v) is 1.24. The summed E-state index contributed by atoms with van der Waals surface area (Å²) in [7, 11) is 0. The van der Waals surface area contributed by atoms with Crippen molar-refractivity contribution in [3.8, 4) is 5.75 Å². The predicted octanol–water partition coefficient (Wildman–Crippen LogP) is 3.20. The van der Waals surface area contributed by atoms with Crippen LogP contribution in [0.4, 0.5) is 4.39 Å². The zero-order valence-corrected chi connectivity index (χ0v) is 8.11. The van der Waals surface area contributed by atoms with Gasteiger partial charge in [-0.2, -0.15) is 0 Å². The maximum Gasteiger partial charge on any atom is 0.129 e. The first-order chi connectivity index (χ1) is 7.36. The first-order valence-electron chi connectivity index (χ1n) is 4.68. The van der Waals surface area contributed by atoms with Gasteiger partial charge >= 0.3 is 0 Å². The largest absolute Gasteiger partial charge is 0.489 e. The summed E-state index contributed by atoms with van der Waals surface area (Å²) in [5.41, 5.74) is 0.560. The topological polar surface area (TPSA) is 9.23 Å². The molecule has 0 bridgehead atoms. The average Bonchev–Trinajstić information content (AvgIpc) is 2.29. The third-order valence-electron chi connectivity index (χ3n) is 2.04. The Kier molecular flexibility index (Phi) is 2.98. The lowest BCUT2D eigenvalue weighted by Crippen LogP contribution is -1.97. The van der Waals surface area contributed by atoms with Crippen molar-refractivity contribution in [2.75, 3.05) is 0 Å². The van der Waals surface area contributed by atoms with Gasteiger partial charge in [-0.15, -0.1) is 0 Å². The van der Waals surface area contributed by atoms with Crippen molar-refractivity contribution in [1.29, 1.82) is 0 Å². The molecule has 0 spiro atoms. The van der Waals surface area contributed by atoms with Crippen molar-refractivity contribution in [3.63, 3.8) is 0 Å². The minimum atomic E-state index is -0.236. The lowest BCUT2D eigenvalue weighted by atomic mass is 10.2. The van der Waals surface area contributed by atoms with Crippen molar-refractivity contribution in [1.82, 2.24) is 0 Å². The van der Waals surface area contributed by atoms with Crippen LogP contribution < -0.4 is 4.74 Å². The Morgan fingerprint density at radius 2 is 1.80 bits per heavy atom. The number of ether oxygens (including phenoxy) is 1. The van der Waals surface area contributed by atoms with Crippen molar-refractivity contribution >= 4 is 0 Å². The zero-order chi connectivity index (χ0) is 10.5. The molecule has 1 radical (unpaired) electrons. The van der Waals surface area contributed by atoms with Gasteiger partial charge in [0, 0.05) is 5.56 Å². The zero-order valence-electron chi connectivity index (χ0n) is 8.11. The molecule has 15 heavy (non-hydrogen) atoms. The highest BCUT2D eigenvalue weighted by atomic mass is 19.1. The summed E-state index contributed by atoms with van der Waals surface area (Å²) in [6.45, 7) is 0.247. The Morgan fingerprint density at radius 1 is 1.07 bits per heavy atom. The smallest absolute Gasteiger partial charge is 0.129 e. The molecule has 0 aliphatic carbocycles. The van der Waals surface area contributed by atoms with Crippen molar-refractivity contribution in [2.45, 2.75) is 6.61 Å². The number of halogens is 1. The van der Waals surface area contributed by atoms with E-state index in [4.69, 9.17) is 4.74 Å². The SMILES string of the molecule is Fc1ccccc1COc1cc[c]cc1. The monoisotopic (exact) mass is 201 g/mol. The Bertz CT molecular complexity index is 426. The van der Waals surface area contributed by atoms with Gasteiger partial charge in [-0.1, -0.05) is 30.3 Å². The van der Waals surface area contributed by atoms with Gasteiger partial charge in [0.25, 0.3) is 0 Å². The summed E-state index contributed by atoms with van der Waals surface area (Å²) >= 11 is 0. The van der Waals surface area contributed by atoms with Crippen LogP contribution in [0, 0.1) is 11.9 Å². The van der Waals surface area contributed by atoms with Crippen LogP contribution >= 0.6 is 0 Å². The molecule has 1 nitrogen and oxygen atoms in total. The van der Waals surface area contributed by atoms with E-state index in [1.54, 1.807) is 42.5 Å². The highest BCUT2D eigenvalue weighted by molar-refractivity contribution is 5.22. The van der Waals surface area contributed by atoms with Gasteiger partial charge in [0.2, 0.25) is 0 Å². The fourth-order valence-electron chi connectivity index (χ4n) is 1.24. The predicted molar refractivity (Wildman–Crippen MR) is 56.0 cm³/mol. The molecule has 0 aromatic heterocycles. The Hall–Kier alpha value is -1.83. The van der Waals surface area contributed by atoms with E-state index in [1.165, 1.54) is 6.07 Å². The lowest BCUT2D eigenvalue weighted by molar-refractivity contribution is 0.300. The highest BCUT2D eigenvalue weighted by Crippen LogP contribution is 2.13. The maximum absolute atomic E-state index is 13.2. The second kappa shape index (κ2) is 4.60. The van der Waals surface area contributed by atoms with E-state index >= 15 is 0 Å². The number of benzene rings is 2. The van der Waals surface area contributed by atoms with Crippen molar-refractivity contribution in [3.05, 3.63) is 66.0 Å². The van der Waals surface area contributed by atoms with E-state index in [9.17, 15) is 4.39 Å². The van der Waals surface area contributed by atoms with Gasteiger partial charge < -0.3 is 4.74 Å². The molecule has 2 aromatic carbocycles. The molecular formula is C13H10FO. The van der Waals surface area contributed by atoms with Crippen molar-refractivity contribution in [2.24, 2.45) is 0 Å². The van der Waals surface area contributed by atoms with Gasteiger partial charge in [0.1, 0.15) is 18.2 Å². The van der Waals surface area contributed by atoms with Gasteiger partial charge in [-0.05, 0) is 24.3 Å². The summed E-state index contributed by atoms with van der Waals surface area (Å²) < 4.78 is 18.6. The van der Waals surface area contributed by atoms with E-state index in [1.807, 2.05) is 0 Å². The van der Waals surface area contributed by atoms with Crippen LogP contribution in [0.2, 0.25) is 0 Å². The molecule has 0 aliphatic rings. The summed E-state index contributed by atoms with van der Waals surface area (Å²) in [5, 5.41) is 0. The molecule has 2 heteroatoms. The van der Waals surface area contributed by atoms with E-state index in [0.29, 0.717) is 5.56 Å². The normalized spacial score (nSPS) is 9.93. The highest BCUT2D eigenvalue weighted by Gasteiger charge is 2.00. The minimum Gasteiger partial charge on any atom is -0.489 e. The number of hydrogen-bond acceptors (Lipinski definition) is 1. The molecule has 0 atom stereocenters. The van der Waals surface area contributed by atoms with Crippen LogP contribution in [0.5, 0.6) is 5.75 Å². The van der Waals surface area contributed by atoms with Crippen LogP contribution in [0.3, 0.4) is 0 Å². The van der Waals surface area contributed by atoms with Gasteiger partial charge in [0.05, 0.1) is 0 Å². The average molecular weight is 201 g/mol. The summed E-state index contributed by atoms with van der Waals surface area (Å²) in [5.74, 6) is 0.483. The molecule has 0 heterocycles. The Morgan fingerprint density at radius 3 is 2.53 bits per heavy atom. The van der Waals surface area contributed by atoms with Gasteiger partial charge in [-0.25, -0.2) is 4.39 Å². The molecule has 2 aromatic rings. The number of hydrogen-bond donors (Lipinski definition) is 0. The second-order valence-corrected chi connectivity index (χ2v) is 3.12. The molecular weight excluding hydrogens is 191 g/mol. The third-order valence-corrected chi connectivity index (χ3v) is 2.04. The molecule has 0 amide bonds. The number of rotatable bonds is 3. The summed E-state index contributed by atoms with van der Waals surface area (Å²) in [6.07, 6.45) is 0.